The molecular formula is C10H24OSi2. The average molecular weight is 216 g/mol. The normalized spacial score (nSPS) is 15.2. The first kappa shape index (κ1) is 13.1. The van der Waals surface area contributed by atoms with Crippen LogP contribution in [0.2, 0.25) is 26.2 Å². The van der Waals surface area contributed by atoms with Crippen LogP contribution in [0.5, 0.6) is 0 Å². The van der Waals surface area contributed by atoms with Gasteiger partial charge in [-0.3, -0.25) is 0 Å². The van der Waals surface area contributed by atoms with Crippen LogP contribution in [0.4, 0.5) is 0 Å². The van der Waals surface area contributed by atoms with Crippen molar-refractivity contribution in [3.05, 3.63) is 11.8 Å². The molecule has 0 saturated heterocycles. The zero-order chi connectivity index (χ0) is 10.3. The van der Waals surface area contributed by atoms with Gasteiger partial charge >= 0.3 is 0 Å². The van der Waals surface area contributed by atoms with Crippen molar-refractivity contribution in [3.8, 4) is 0 Å². The second-order valence-corrected chi connectivity index (χ2v) is 11.5. The molecule has 0 radical (unpaired) electrons. The van der Waals surface area contributed by atoms with E-state index in [1.807, 2.05) is 0 Å². The van der Waals surface area contributed by atoms with E-state index in [1.54, 1.807) is 0 Å². The molecule has 0 rings (SSSR count). The fourth-order valence-corrected chi connectivity index (χ4v) is 6.56. The summed E-state index contributed by atoms with van der Waals surface area (Å²) in [6.07, 6.45) is 6.13. The summed E-state index contributed by atoms with van der Waals surface area (Å²) >= 11 is 0. The zero-order valence-electron chi connectivity index (χ0n) is 9.76. The molecule has 0 saturated carbocycles. The van der Waals surface area contributed by atoms with Crippen LogP contribution in [0.3, 0.4) is 0 Å². The molecule has 1 nitrogen and oxygen atoms in total. The molecule has 1 atom stereocenters. The number of unbranched alkanes of at least 4 members (excludes halogenated alkanes) is 2. The minimum Gasteiger partial charge on any atom is -0.455 e. The summed E-state index contributed by atoms with van der Waals surface area (Å²) in [5, 5.41) is 0. The summed E-state index contributed by atoms with van der Waals surface area (Å²) in [5.74, 6) is 0. The highest BCUT2D eigenvalue weighted by Crippen LogP contribution is 2.06. The van der Waals surface area contributed by atoms with Crippen molar-refractivity contribution in [2.45, 2.75) is 52.4 Å². The van der Waals surface area contributed by atoms with E-state index >= 15 is 0 Å². The summed E-state index contributed by atoms with van der Waals surface area (Å²) in [6.45, 7) is 11.3. The van der Waals surface area contributed by atoms with Crippen LogP contribution in [0.15, 0.2) is 11.8 Å². The molecule has 0 aliphatic carbocycles. The van der Waals surface area contributed by atoms with E-state index in [2.05, 4.69) is 44.9 Å². The maximum atomic E-state index is 6.01. The molecule has 0 heterocycles. The average Bonchev–Trinajstić information content (AvgIpc) is 1.94. The number of hydrogen-bond donors (Lipinski definition) is 0. The van der Waals surface area contributed by atoms with Crippen molar-refractivity contribution in [2.75, 3.05) is 0 Å². The smallest absolute Gasteiger partial charge is 0.184 e. The van der Waals surface area contributed by atoms with Gasteiger partial charge in [0.2, 0.25) is 0 Å². The van der Waals surface area contributed by atoms with Crippen LogP contribution in [-0.4, -0.2) is 17.4 Å². The first-order valence-electron chi connectivity index (χ1n) is 5.30. The second kappa shape index (κ2) is 6.57. The summed E-state index contributed by atoms with van der Waals surface area (Å²) in [4.78, 5) is 0. The van der Waals surface area contributed by atoms with E-state index in [0.29, 0.717) is 0 Å². The van der Waals surface area contributed by atoms with Gasteiger partial charge in [0.05, 0.1) is 0 Å². The lowest BCUT2D eigenvalue weighted by molar-refractivity contribution is 0.587. The van der Waals surface area contributed by atoms with E-state index in [9.17, 15) is 0 Å². The molecule has 78 valence electrons. The molecule has 0 aromatic heterocycles. The Morgan fingerprint density at radius 1 is 1.31 bits per heavy atom. The number of hydrogen-bond acceptors (Lipinski definition) is 1. The molecule has 0 aliphatic heterocycles. The maximum Gasteiger partial charge on any atom is 0.184 e. The van der Waals surface area contributed by atoms with E-state index < -0.39 is 17.4 Å². The Kier molecular flexibility index (Phi) is 6.63. The van der Waals surface area contributed by atoms with Crippen LogP contribution in [0.1, 0.15) is 26.2 Å². The number of allylic oxidation sites excluding steroid dienone is 1. The molecule has 0 bridgehead atoms. The predicted molar refractivity (Wildman–Crippen MR) is 66.1 cm³/mol. The lowest BCUT2D eigenvalue weighted by Gasteiger charge is -2.20. The van der Waals surface area contributed by atoms with Crippen molar-refractivity contribution < 1.29 is 4.12 Å². The Morgan fingerprint density at radius 2 is 1.92 bits per heavy atom. The summed E-state index contributed by atoms with van der Waals surface area (Å²) < 4.78 is 6.01. The van der Waals surface area contributed by atoms with Crippen LogP contribution >= 0.6 is 0 Å². The Morgan fingerprint density at radius 3 is 2.38 bits per heavy atom. The molecule has 3 heteroatoms. The largest absolute Gasteiger partial charge is 0.455 e. The highest BCUT2D eigenvalue weighted by Gasteiger charge is 2.16. The van der Waals surface area contributed by atoms with Gasteiger partial charge in [0.15, 0.2) is 17.4 Å². The Hall–Kier alpha value is 0.134. The quantitative estimate of drug-likeness (QED) is 0.488. The van der Waals surface area contributed by atoms with E-state index in [0.717, 1.165) is 0 Å². The first-order chi connectivity index (χ1) is 5.95. The van der Waals surface area contributed by atoms with Gasteiger partial charge in [-0.1, -0.05) is 31.5 Å². The Labute approximate surface area is 86.1 Å². The van der Waals surface area contributed by atoms with E-state index in [4.69, 9.17) is 4.12 Å². The maximum absolute atomic E-state index is 6.01. The first-order valence-corrected chi connectivity index (χ1v) is 11.0. The molecule has 0 amide bonds. The third kappa shape index (κ3) is 10.1. The van der Waals surface area contributed by atoms with E-state index in [-0.39, 0.29) is 0 Å². The lowest BCUT2D eigenvalue weighted by Crippen LogP contribution is -2.32. The van der Waals surface area contributed by atoms with Gasteiger partial charge in [-0.2, -0.15) is 0 Å². The third-order valence-corrected chi connectivity index (χ3v) is 6.80. The van der Waals surface area contributed by atoms with Crippen molar-refractivity contribution in [2.24, 2.45) is 0 Å². The molecule has 0 N–H and O–H groups in total. The molecule has 13 heavy (non-hydrogen) atoms. The van der Waals surface area contributed by atoms with Gasteiger partial charge in [-0.05, 0) is 32.6 Å². The standard InChI is InChI=1S/C10H24OSi2/c1-6-7-8-9-10-12(2)11-13(3,4)5/h9-10,12H,6-8H2,1-5H3. The molecule has 0 aliphatic rings. The SMILES string of the molecule is CCCCC=C[SiH](C)O[Si](C)(C)C. The minimum absolute atomic E-state index is 0.989. The summed E-state index contributed by atoms with van der Waals surface area (Å²) in [5.41, 5.74) is 2.33. The van der Waals surface area contributed by atoms with Gasteiger partial charge in [0.1, 0.15) is 0 Å². The topological polar surface area (TPSA) is 9.23 Å². The van der Waals surface area contributed by atoms with Crippen LogP contribution in [0, 0.1) is 0 Å². The predicted octanol–water partition coefficient (Wildman–Crippen LogP) is 3.48. The van der Waals surface area contributed by atoms with Crippen LogP contribution < -0.4 is 0 Å². The fraction of sp³-hybridized carbons (Fsp3) is 0.800. The molecule has 0 spiro atoms. The molecule has 0 aromatic carbocycles. The van der Waals surface area contributed by atoms with Gasteiger partial charge in [0, 0.05) is 0 Å². The van der Waals surface area contributed by atoms with Gasteiger partial charge < -0.3 is 4.12 Å². The van der Waals surface area contributed by atoms with Gasteiger partial charge in [-0.25, -0.2) is 0 Å². The second-order valence-electron chi connectivity index (χ2n) is 4.51. The number of rotatable bonds is 6. The minimum atomic E-state index is -1.28. The molecular weight excluding hydrogens is 192 g/mol. The van der Waals surface area contributed by atoms with Gasteiger partial charge in [-0.15, -0.1) is 0 Å². The van der Waals surface area contributed by atoms with Crippen LogP contribution in [-0.2, 0) is 4.12 Å². The molecule has 1 unspecified atom stereocenters. The molecule has 0 aromatic rings. The fourth-order valence-electron chi connectivity index (χ4n) is 1.21. The van der Waals surface area contributed by atoms with Gasteiger partial charge in [0.25, 0.3) is 0 Å². The van der Waals surface area contributed by atoms with Crippen LogP contribution in [0.25, 0.3) is 0 Å². The van der Waals surface area contributed by atoms with E-state index in [1.165, 1.54) is 19.3 Å². The molecule has 0 fully saturated rings. The van der Waals surface area contributed by atoms with Crippen molar-refractivity contribution >= 4 is 17.4 Å². The lowest BCUT2D eigenvalue weighted by atomic mass is 10.2. The van der Waals surface area contributed by atoms with Crippen molar-refractivity contribution in [1.29, 1.82) is 0 Å². The summed E-state index contributed by atoms with van der Waals surface area (Å²) in [7, 11) is -2.27. The highest BCUT2D eigenvalue weighted by atomic mass is 28.4. The zero-order valence-corrected chi connectivity index (χ0v) is 11.9. The van der Waals surface area contributed by atoms with Crippen molar-refractivity contribution in [1.82, 2.24) is 0 Å². The Bertz CT molecular complexity index is 149. The Balaban J connectivity index is 3.61. The monoisotopic (exact) mass is 216 g/mol. The third-order valence-electron chi connectivity index (χ3n) is 1.67. The highest BCUT2D eigenvalue weighted by molar-refractivity contribution is 6.78. The van der Waals surface area contributed by atoms with Crippen molar-refractivity contribution in [3.63, 3.8) is 0 Å². The summed E-state index contributed by atoms with van der Waals surface area (Å²) in [6, 6.07) is 0.